The SMILES string of the molecule is COc1ccc(C(C)(C)CNC(=O)CCNC(=O)c2cccs2)cc1. The van der Waals surface area contributed by atoms with Crippen molar-refractivity contribution in [1.82, 2.24) is 10.6 Å². The summed E-state index contributed by atoms with van der Waals surface area (Å²) >= 11 is 1.38. The molecular formula is C19H24N2O3S. The fourth-order valence-corrected chi connectivity index (χ4v) is 2.98. The number of amides is 2. The van der Waals surface area contributed by atoms with Crippen LogP contribution in [-0.2, 0) is 10.2 Å². The minimum absolute atomic E-state index is 0.0759. The third-order valence-corrected chi connectivity index (χ3v) is 4.85. The van der Waals surface area contributed by atoms with Crippen LogP contribution in [0.4, 0.5) is 0 Å². The second kappa shape index (κ2) is 8.67. The van der Waals surface area contributed by atoms with E-state index < -0.39 is 0 Å². The number of methoxy groups -OCH3 is 1. The second-order valence-electron chi connectivity index (χ2n) is 6.37. The van der Waals surface area contributed by atoms with E-state index in [1.54, 1.807) is 13.2 Å². The molecule has 0 aliphatic heterocycles. The molecule has 6 heteroatoms. The van der Waals surface area contributed by atoms with Crippen molar-refractivity contribution in [2.45, 2.75) is 25.7 Å². The zero-order chi connectivity index (χ0) is 18.3. The lowest BCUT2D eigenvalue weighted by atomic mass is 9.84. The summed E-state index contributed by atoms with van der Waals surface area (Å²) in [4.78, 5) is 24.5. The fourth-order valence-electron chi connectivity index (χ4n) is 2.34. The smallest absolute Gasteiger partial charge is 0.261 e. The van der Waals surface area contributed by atoms with E-state index in [0.29, 0.717) is 18.0 Å². The monoisotopic (exact) mass is 360 g/mol. The summed E-state index contributed by atoms with van der Waals surface area (Å²) in [5, 5.41) is 7.54. The van der Waals surface area contributed by atoms with Gasteiger partial charge < -0.3 is 15.4 Å². The first kappa shape index (κ1) is 19.0. The molecule has 2 N–H and O–H groups in total. The highest BCUT2D eigenvalue weighted by Crippen LogP contribution is 2.24. The first-order valence-electron chi connectivity index (χ1n) is 8.15. The minimum atomic E-state index is -0.192. The molecule has 1 heterocycles. The van der Waals surface area contributed by atoms with Crippen molar-refractivity contribution in [3.63, 3.8) is 0 Å². The van der Waals surface area contributed by atoms with Gasteiger partial charge in [-0.2, -0.15) is 0 Å². The van der Waals surface area contributed by atoms with Crippen molar-refractivity contribution in [3.05, 3.63) is 52.2 Å². The van der Waals surface area contributed by atoms with E-state index in [1.165, 1.54) is 11.3 Å². The maximum absolute atomic E-state index is 12.0. The number of ether oxygens (including phenoxy) is 1. The molecule has 5 nitrogen and oxygen atoms in total. The number of carbonyl (C=O) groups excluding carboxylic acids is 2. The molecule has 2 aromatic rings. The lowest BCUT2D eigenvalue weighted by molar-refractivity contribution is -0.121. The maximum Gasteiger partial charge on any atom is 0.261 e. The van der Waals surface area contributed by atoms with Gasteiger partial charge in [0.1, 0.15) is 5.75 Å². The van der Waals surface area contributed by atoms with Crippen LogP contribution in [0.5, 0.6) is 5.75 Å². The minimum Gasteiger partial charge on any atom is -0.497 e. The highest BCUT2D eigenvalue weighted by molar-refractivity contribution is 7.12. The van der Waals surface area contributed by atoms with Gasteiger partial charge in [-0.3, -0.25) is 9.59 Å². The summed E-state index contributed by atoms with van der Waals surface area (Å²) in [7, 11) is 1.64. The van der Waals surface area contributed by atoms with Crippen LogP contribution in [-0.4, -0.2) is 32.0 Å². The van der Waals surface area contributed by atoms with Crippen molar-refractivity contribution in [3.8, 4) is 5.75 Å². The van der Waals surface area contributed by atoms with Crippen molar-refractivity contribution in [1.29, 1.82) is 0 Å². The Labute approximate surface area is 152 Å². The average Bonchev–Trinajstić information content (AvgIpc) is 3.15. The largest absolute Gasteiger partial charge is 0.497 e. The fraction of sp³-hybridized carbons (Fsp3) is 0.368. The predicted molar refractivity (Wildman–Crippen MR) is 100 cm³/mol. The van der Waals surface area contributed by atoms with Crippen LogP contribution < -0.4 is 15.4 Å². The Morgan fingerprint density at radius 2 is 1.84 bits per heavy atom. The van der Waals surface area contributed by atoms with Crippen LogP contribution in [0.1, 0.15) is 35.5 Å². The average molecular weight is 360 g/mol. The molecular weight excluding hydrogens is 336 g/mol. The van der Waals surface area contributed by atoms with E-state index in [1.807, 2.05) is 35.7 Å². The Hall–Kier alpha value is -2.34. The Morgan fingerprint density at radius 1 is 1.12 bits per heavy atom. The van der Waals surface area contributed by atoms with E-state index in [0.717, 1.165) is 11.3 Å². The van der Waals surface area contributed by atoms with Crippen molar-refractivity contribution >= 4 is 23.2 Å². The first-order chi connectivity index (χ1) is 11.9. The molecule has 0 atom stereocenters. The van der Waals surface area contributed by atoms with Gasteiger partial charge in [-0.15, -0.1) is 11.3 Å². The van der Waals surface area contributed by atoms with Gasteiger partial charge in [-0.05, 0) is 29.1 Å². The predicted octanol–water partition coefficient (Wildman–Crippen LogP) is 2.97. The van der Waals surface area contributed by atoms with Crippen LogP contribution in [0.2, 0.25) is 0 Å². The molecule has 0 aliphatic rings. The van der Waals surface area contributed by atoms with E-state index in [-0.39, 0.29) is 23.7 Å². The maximum atomic E-state index is 12.0. The Kier molecular flexibility index (Phi) is 6.58. The summed E-state index contributed by atoms with van der Waals surface area (Å²) in [6.45, 7) is 5.00. The molecule has 0 bridgehead atoms. The van der Waals surface area contributed by atoms with Gasteiger partial charge in [0.05, 0.1) is 12.0 Å². The van der Waals surface area contributed by atoms with Gasteiger partial charge in [0.25, 0.3) is 5.91 Å². The Morgan fingerprint density at radius 3 is 2.44 bits per heavy atom. The van der Waals surface area contributed by atoms with Crippen LogP contribution >= 0.6 is 11.3 Å². The summed E-state index contributed by atoms with van der Waals surface area (Å²) < 4.78 is 5.17. The number of nitrogens with one attached hydrogen (secondary N) is 2. The highest BCUT2D eigenvalue weighted by Gasteiger charge is 2.21. The van der Waals surface area contributed by atoms with Gasteiger partial charge in [0, 0.05) is 24.9 Å². The third kappa shape index (κ3) is 5.60. The Balaban J connectivity index is 1.75. The molecule has 0 radical (unpaired) electrons. The highest BCUT2D eigenvalue weighted by atomic mass is 32.1. The molecule has 134 valence electrons. The van der Waals surface area contributed by atoms with Gasteiger partial charge in [0.2, 0.25) is 5.91 Å². The van der Waals surface area contributed by atoms with E-state index in [4.69, 9.17) is 4.74 Å². The second-order valence-corrected chi connectivity index (χ2v) is 7.32. The van der Waals surface area contributed by atoms with E-state index in [9.17, 15) is 9.59 Å². The molecule has 25 heavy (non-hydrogen) atoms. The molecule has 0 spiro atoms. The molecule has 0 fully saturated rings. The van der Waals surface area contributed by atoms with Gasteiger partial charge in [-0.25, -0.2) is 0 Å². The number of hydrogen-bond donors (Lipinski definition) is 2. The van der Waals surface area contributed by atoms with Crippen LogP contribution in [0, 0.1) is 0 Å². The van der Waals surface area contributed by atoms with E-state index >= 15 is 0 Å². The molecule has 2 amide bonds. The van der Waals surface area contributed by atoms with Gasteiger partial charge >= 0.3 is 0 Å². The zero-order valence-electron chi connectivity index (χ0n) is 14.8. The van der Waals surface area contributed by atoms with Crippen molar-refractivity contribution in [2.75, 3.05) is 20.2 Å². The molecule has 0 saturated carbocycles. The normalized spacial score (nSPS) is 11.0. The lowest BCUT2D eigenvalue weighted by Gasteiger charge is -2.26. The first-order valence-corrected chi connectivity index (χ1v) is 9.03. The van der Waals surface area contributed by atoms with E-state index in [2.05, 4.69) is 24.5 Å². The molecule has 2 rings (SSSR count). The van der Waals surface area contributed by atoms with Crippen molar-refractivity contribution < 1.29 is 14.3 Å². The molecule has 1 aromatic heterocycles. The van der Waals surface area contributed by atoms with Gasteiger partial charge in [-0.1, -0.05) is 32.0 Å². The summed E-state index contributed by atoms with van der Waals surface area (Å²) in [6.07, 6.45) is 0.260. The summed E-state index contributed by atoms with van der Waals surface area (Å²) in [5.74, 6) is 0.597. The quantitative estimate of drug-likeness (QED) is 0.760. The molecule has 0 unspecified atom stereocenters. The van der Waals surface area contributed by atoms with Crippen molar-refractivity contribution in [2.24, 2.45) is 0 Å². The molecule has 0 aliphatic carbocycles. The molecule has 0 saturated heterocycles. The number of benzene rings is 1. The number of rotatable bonds is 8. The Bertz CT molecular complexity index is 694. The van der Waals surface area contributed by atoms with Crippen LogP contribution in [0.3, 0.4) is 0 Å². The standard InChI is InChI=1S/C19H24N2O3S/c1-19(2,14-6-8-15(24-3)9-7-14)13-21-17(22)10-11-20-18(23)16-5-4-12-25-16/h4-9,12H,10-11,13H2,1-3H3,(H,20,23)(H,21,22). The summed E-state index contributed by atoms with van der Waals surface area (Å²) in [5.41, 5.74) is 0.932. The number of carbonyl (C=O) groups is 2. The third-order valence-electron chi connectivity index (χ3n) is 3.98. The lowest BCUT2D eigenvalue weighted by Crippen LogP contribution is -2.38. The number of thiophene rings is 1. The summed E-state index contributed by atoms with van der Waals surface area (Å²) in [6, 6.07) is 11.4. The number of hydrogen-bond acceptors (Lipinski definition) is 4. The van der Waals surface area contributed by atoms with Crippen LogP contribution in [0.15, 0.2) is 41.8 Å². The zero-order valence-corrected chi connectivity index (χ0v) is 15.6. The molecule has 1 aromatic carbocycles. The topological polar surface area (TPSA) is 67.4 Å². The van der Waals surface area contributed by atoms with Crippen LogP contribution in [0.25, 0.3) is 0 Å². The van der Waals surface area contributed by atoms with Gasteiger partial charge in [0.15, 0.2) is 0 Å².